The second kappa shape index (κ2) is 12.6. The lowest BCUT2D eigenvalue weighted by atomic mass is 9.95. The van der Waals surface area contributed by atoms with Crippen LogP contribution >= 0.6 is 0 Å². The minimum absolute atomic E-state index is 0.109. The van der Waals surface area contributed by atoms with E-state index in [9.17, 15) is 22.4 Å². The summed E-state index contributed by atoms with van der Waals surface area (Å²) in [5, 5.41) is 3.12. The van der Waals surface area contributed by atoms with Gasteiger partial charge < -0.3 is 15.0 Å². The summed E-state index contributed by atoms with van der Waals surface area (Å²) in [6.07, 6.45) is 7.84. The molecular weight excluding hydrogens is 461 g/mol. The van der Waals surface area contributed by atoms with Crippen LogP contribution < -0.4 is 10.0 Å². The standard InChI is InChI=1S/C24H36FN3O5S/c1-2-7-22(24(30)27-19-8-4-3-5-9-19)28(17-20-10-6-15-33-20)23(29)16-26-34(31,32)21-13-11-18(25)12-14-21/h11-14,19-20,22,26H,2-10,15-17H2,1H3,(H,27,30)/t20-,22-/m1/s1. The number of amides is 2. The summed E-state index contributed by atoms with van der Waals surface area (Å²) in [7, 11) is -4.01. The van der Waals surface area contributed by atoms with E-state index in [1.165, 1.54) is 11.3 Å². The van der Waals surface area contributed by atoms with Crippen LogP contribution in [-0.4, -0.2) is 63.0 Å². The second-order valence-electron chi connectivity index (χ2n) is 9.11. The van der Waals surface area contributed by atoms with Gasteiger partial charge in [0.05, 0.1) is 17.5 Å². The van der Waals surface area contributed by atoms with E-state index >= 15 is 0 Å². The van der Waals surface area contributed by atoms with Gasteiger partial charge in [0.15, 0.2) is 0 Å². The molecule has 3 rings (SSSR count). The molecule has 0 aromatic heterocycles. The van der Waals surface area contributed by atoms with Crippen molar-refractivity contribution in [3.8, 4) is 0 Å². The minimum Gasteiger partial charge on any atom is -0.376 e. The van der Waals surface area contributed by atoms with Gasteiger partial charge in [0.2, 0.25) is 21.8 Å². The predicted octanol–water partition coefficient (Wildman–Crippen LogP) is 2.73. The van der Waals surface area contributed by atoms with Crippen molar-refractivity contribution < 1.29 is 27.1 Å². The van der Waals surface area contributed by atoms with Crippen LogP contribution in [0.2, 0.25) is 0 Å². The molecule has 2 aliphatic rings. The van der Waals surface area contributed by atoms with E-state index in [1.807, 2.05) is 6.92 Å². The number of sulfonamides is 1. The van der Waals surface area contributed by atoms with Gasteiger partial charge in [-0.2, -0.15) is 0 Å². The fourth-order valence-corrected chi connectivity index (χ4v) is 5.59. The Bertz CT molecular complexity index is 913. The van der Waals surface area contributed by atoms with E-state index in [0.717, 1.165) is 62.8 Å². The molecule has 0 spiro atoms. The van der Waals surface area contributed by atoms with Crippen molar-refractivity contribution >= 4 is 21.8 Å². The number of ether oxygens (including phenoxy) is 1. The summed E-state index contributed by atoms with van der Waals surface area (Å²) in [4.78, 5) is 27.9. The summed E-state index contributed by atoms with van der Waals surface area (Å²) >= 11 is 0. The Kier molecular flexibility index (Phi) is 9.85. The maximum atomic E-state index is 13.3. The Morgan fingerprint density at radius 3 is 2.44 bits per heavy atom. The molecule has 1 saturated heterocycles. The van der Waals surface area contributed by atoms with Crippen molar-refractivity contribution in [1.29, 1.82) is 0 Å². The lowest BCUT2D eigenvalue weighted by Gasteiger charge is -2.34. The van der Waals surface area contributed by atoms with Crippen LogP contribution in [0.25, 0.3) is 0 Å². The molecule has 1 heterocycles. The maximum Gasteiger partial charge on any atom is 0.243 e. The smallest absolute Gasteiger partial charge is 0.243 e. The molecule has 2 fully saturated rings. The van der Waals surface area contributed by atoms with Gasteiger partial charge in [-0.1, -0.05) is 32.6 Å². The van der Waals surface area contributed by atoms with E-state index in [0.29, 0.717) is 19.4 Å². The van der Waals surface area contributed by atoms with Gasteiger partial charge in [0.1, 0.15) is 11.9 Å². The Labute approximate surface area is 201 Å². The topological polar surface area (TPSA) is 105 Å². The van der Waals surface area contributed by atoms with Crippen molar-refractivity contribution in [2.45, 2.75) is 87.8 Å². The molecule has 2 amide bonds. The number of carbonyl (C=O) groups excluding carboxylic acids is 2. The summed E-state index contributed by atoms with van der Waals surface area (Å²) in [6, 6.07) is 3.80. The van der Waals surface area contributed by atoms with Crippen molar-refractivity contribution in [2.75, 3.05) is 19.7 Å². The molecule has 34 heavy (non-hydrogen) atoms. The highest BCUT2D eigenvalue weighted by molar-refractivity contribution is 7.89. The number of hydrogen-bond acceptors (Lipinski definition) is 5. The van der Waals surface area contributed by atoms with Crippen LogP contribution in [0.5, 0.6) is 0 Å². The number of rotatable bonds is 11. The highest BCUT2D eigenvalue weighted by Gasteiger charge is 2.34. The molecule has 1 aliphatic heterocycles. The number of halogens is 1. The van der Waals surface area contributed by atoms with Crippen LogP contribution in [0.3, 0.4) is 0 Å². The van der Waals surface area contributed by atoms with Gasteiger partial charge in [-0.25, -0.2) is 17.5 Å². The highest BCUT2D eigenvalue weighted by Crippen LogP contribution is 2.20. The van der Waals surface area contributed by atoms with Gasteiger partial charge in [-0.3, -0.25) is 9.59 Å². The molecule has 1 aliphatic carbocycles. The molecule has 2 atom stereocenters. The van der Waals surface area contributed by atoms with E-state index in [-0.39, 0.29) is 29.5 Å². The highest BCUT2D eigenvalue weighted by atomic mass is 32.2. The Morgan fingerprint density at radius 1 is 1.12 bits per heavy atom. The maximum absolute atomic E-state index is 13.3. The average molecular weight is 498 g/mol. The number of nitrogens with zero attached hydrogens (tertiary/aromatic N) is 1. The van der Waals surface area contributed by atoms with Crippen LogP contribution in [0.15, 0.2) is 29.2 Å². The van der Waals surface area contributed by atoms with Gasteiger partial charge in [0, 0.05) is 19.2 Å². The van der Waals surface area contributed by atoms with Crippen LogP contribution in [-0.2, 0) is 24.3 Å². The van der Waals surface area contributed by atoms with E-state index in [1.54, 1.807) is 0 Å². The first-order chi connectivity index (χ1) is 16.3. The zero-order valence-corrected chi connectivity index (χ0v) is 20.6. The summed E-state index contributed by atoms with van der Waals surface area (Å²) < 4.78 is 46.4. The third kappa shape index (κ3) is 7.48. The first-order valence-electron chi connectivity index (χ1n) is 12.3. The molecular formula is C24H36FN3O5S. The lowest BCUT2D eigenvalue weighted by molar-refractivity contribution is -0.142. The van der Waals surface area contributed by atoms with Crippen molar-refractivity contribution in [1.82, 2.24) is 14.9 Å². The van der Waals surface area contributed by atoms with Crippen molar-refractivity contribution in [3.63, 3.8) is 0 Å². The van der Waals surface area contributed by atoms with E-state index in [2.05, 4.69) is 10.0 Å². The summed E-state index contributed by atoms with van der Waals surface area (Å²) in [6.45, 7) is 2.30. The molecule has 10 heteroatoms. The number of nitrogens with one attached hydrogen (secondary N) is 2. The zero-order valence-electron chi connectivity index (χ0n) is 19.8. The van der Waals surface area contributed by atoms with Gasteiger partial charge in [0.25, 0.3) is 0 Å². The first-order valence-corrected chi connectivity index (χ1v) is 13.7. The average Bonchev–Trinajstić information content (AvgIpc) is 3.34. The lowest BCUT2D eigenvalue weighted by Crippen LogP contribution is -2.55. The fourth-order valence-electron chi connectivity index (χ4n) is 4.61. The predicted molar refractivity (Wildman–Crippen MR) is 126 cm³/mol. The van der Waals surface area contributed by atoms with Gasteiger partial charge >= 0.3 is 0 Å². The number of carbonyl (C=O) groups is 2. The second-order valence-corrected chi connectivity index (χ2v) is 10.9. The largest absolute Gasteiger partial charge is 0.376 e. The monoisotopic (exact) mass is 497 g/mol. The summed E-state index contributed by atoms with van der Waals surface area (Å²) in [5.41, 5.74) is 0. The molecule has 0 radical (unpaired) electrons. The van der Waals surface area contributed by atoms with Gasteiger partial charge in [-0.15, -0.1) is 0 Å². The Morgan fingerprint density at radius 2 is 1.82 bits per heavy atom. The van der Waals surface area contributed by atoms with E-state index in [4.69, 9.17) is 4.74 Å². The van der Waals surface area contributed by atoms with Crippen LogP contribution in [0, 0.1) is 5.82 Å². The number of benzene rings is 1. The quantitative estimate of drug-likeness (QED) is 0.489. The number of hydrogen-bond donors (Lipinski definition) is 2. The van der Waals surface area contributed by atoms with E-state index < -0.39 is 34.3 Å². The molecule has 1 aromatic rings. The molecule has 190 valence electrons. The SMILES string of the molecule is CCC[C@H](C(=O)NC1CCCCC1)N(C[C@H]1CCCO1)C(=O)CNS(=O)(=O)c1ccc(F)cc1. The Balaban J connectivity index is 1.73. The molecule has 8 nitrogen and oxygen atoms in total. The molecule has 1 aromatic carbocycles. The van der Waals surface area contributed by atoms with Crippen molar-refractivity contribution in [3.05, 3.63) is 30.1 Å². The molecule has 0 unspecified atom stereocenters. The van der Waals surface area contributed by atoms with Crippen LogP contribution in [0.4, 0.5) is 4.39 Å². The minimum atomic E-state index is -4.01. The van der Waals surface area contributed by atoms with Gasteiger partial charge in [-0.05, 0) is 56.4 Å². The first kappa shape index (κ1) is 26.6. The third-order valence-corrected chi connectivity index (χ3v) is 7.89. The molecule has 2 N–H and O–H groups in total. The normalized spacial score (nSPS) is 20.1. The summed E-state index contributed by atoms with van der Waals surface area (Å²) in [5.74, 6) is -1.23. The Hall–Kier alpha value is -2.04. The molecule has 0 bridgehead atoms. The zero-order chi connectivity index (χ0) is 24.6. The molecule has 1 saturated carbocycles. The fraction of sp³-hybridized carbons (Fsp3) is 0.667. The van der Waals surface area contributed by atoms with Crippen molar-refractivity contribution in [2.24, 2.45) is 0 Å². The third-order valence-electron chi connectivity index (χ3n) is 6.47. The van der Waals surface area contributed by atoms with Crippen LogP contribution in [0.1, 0.15) is 64.7 Å².